The standard InChI is InChI=1S/C24H52N9O6P3/c1-2-25-24(26-22-40-23-39-21-20-34-11-1)27-41(30-3-12-35-13-4-30,31-5-14-36-15-6-31)29-42(28-24,32-7-16-37-17-8-32)33-9-18-38-19-10-33/h25-29,40H,1-23H2/q+2. The van der Waals surface area contributed by atoms with E-state index in [-0.39, 0.29) is 0 Å². The number of nitrogens with zero attached hydrogens (tertiary/aromatic N) is 4. The number of hydrogen-bond donors (Lipinski definition) is 5. The van der Waals surface area contributed by atoms with Crippen molar-refractivity contribution in [2.45, 2.75) is 12.3 Å². The second kappa shape index (κ2) is 16.0. The Bertz CT molecular complexity index is 721. The van der Waals surface area contributed by atoms with Gasteiger partial charge in [-0.25, -0.2) is 0 Å². The largest absolute Gasteiger partial charge is 0.379 e. The van der Waals surface area contributed by atoms with Gasteiger partial charge in [-0.1, -0.05) is 18.8 Å². The Morgan fingerprint density at radius 3 is 1.40 bits per heavy atom. The molecule has 6 fully saturated rings. The molecule has 18 heteroatoms. The fraction of sp³-hybridized carbons (Fsp3) is 1.00. The fourth-order valence-corrected chi connectivity index (χ4v) is 16.7. The van der Waals surface area contributed by atoms with Crippen LogP contribution in [0.3, 0.4) is 0 Å². The molecule has 6 heterocycles. The molecular formula is C24H52N9O6P3+2. The normalized spacial score (nSPS) is 32.6. The molecule has 242 valence electrons. The van der Waals surface area contributed by atoms with Gasteiger partial charge >= 0.3 is 15.7 Å². The van der Waals surface area contributed by atoms with Gasteiger partial charge < -0.3 is 28.4 Å². The summed E-state index contributed by atoms with van der Waals surface area (Å²) in [6.07, 6.45) is 2.46. The third-order valence-corrected chi connectivity index (χ3v) is 17.7. The molecule has 0 bridgehead atoms. The molecule has 1 unspecified atom stereocenters. The van der Waals surface area contributed by atoms with E-state index in [0.29, 0.717) is 28.4 Å². The van der Waals surface area contributed by atoms with Gasteiger partial charge in [0.15, 0.2) is 0 Å². The zero-order valence-electron chi connectivity index (χ0n) is 24.9. The van der Waals surface area contributed by atoms with Gasteiger partial charge in [-0.2, -0.15) is 0 Å². The van der Waals surface area contributed by atoms with Crippen molar-refractivity contribution < 1.29 is 28.4 Å². The second-order valence-corrected chi connectivity index (χ2v) is 18.1. The molecule has 6 aliphatic heterocycles. The summed E-state index contributed by atoms with van der Waals surface area (Å²) in [5, 5.41) is 16.5. The van der Waals surface area contributed by atoms with Crippen molar-refractivity contribution in [3.8, 4) is 0 Å². The van der Waals surface area contributed by atoms with Crippen LogP contribution in [0.4, 0.5) is 0 Å². The van der Waals surface area contributed by atoms with E-state index >= 15 is 0 Å². The van der Waals surface area contributed by atoms with E-state index in [4.69, 9.17) is 28.4 Å². The molecule has 0 aromatic heterocycles. The van der Waals surface area contributed by atoms with Crippen molar-refractivity contribution in [1.82, 2.24) is 44.3 Å². The summed E-state index contributed by atoms with van der Waals surface area (Å²) >= 11 is 0. The van der Waals surface area contributed by atoms with Crippen molar-refractivity contribution in [2.24, 2.45) is 0 Å². The van der Waals surface area contributed by atoms with E-state index in [1.165, 1.54) is 0 Å². The van der Waals surface area contributed by atoms with Crippen LogP contribution in [0.1, 0.15) is 6.42 Å². The van der Waals surface area contributed by atoms with E-state index in [9.17, 15) is 0 Å². The summed E-state index contributed by atoms with van der Waals surface area (Å²) < 4.78 is 46.1. The third kappa shape index (κ3) is 7.62. The average molecular weight is 656 g/mol. The molecule has 0 radical (unpaired) electrons. The first kappa shape index (κ1) is 32.6. The van der Waals surface area contributed by atoms with Gasteiger partial charge in [0.05, 0.1) is 125 Å². The summed E-state index contributed by atoms with van der Waals surface area (Å²) in [5.41, 5.74) is 0. The summed E-state index contributed by atoms with van der Waals surface area (Å²) in [6.45, 7) is 15.6. The van der Waals surface area contributed by atoms with Gasteiger partial charge in [-0.15, -0.1) is 18.7 Å². The highest BCUT2D eigenvalue weighted by molar-refractivity contribution is 7.83. The minimum absolute atomic E-state index is 0.624. The molecule has 5 N–H and O–H groups in total. The van der Waals surface area contributed by atoms with Gasteiger partial charge in [0.1, 0.15) is 0 Å². The van der Waals surface area contributed by atoms with Crippen molar-refractivity contribution in [3.05, 3.63) is 0 Å². The molecule has 0 aromatic carbocycles. The second-order valence-electron chi connectivity index (χ2n) is 11.1. The van der Waals surface area contributed by atoms with Crippen LogP contribution in [0.5, 0.6) is 0 Å². The average Bonchev–Trinajstić information content (AvgIpc) is 3.08. The van der Waals surface area contributed by atoms with Crippen molar-refractivity contribution in [2.75, 3.05) is 144 Å². The molecule has 6 rings (SSSR count). The predicted molar refractivity (Wildman–Crippen MR) is 166 cm³/mol. The molecule has 0 saturated carbocycles. The number of rotatable bonds is 4. The van der Waals surface area contributed by atoms with Crippen LogP contribution in [-0.4, -0.2) is 169 Å². The summed E-state index contributed by atoms with van der Waals surface area (Å²) in [4.78, 5) is 4.48. The Morgan fingerprint density at radius 1 is 0.500 bits per heavy atom. The van der Waals surface area contributed by atoms with E-state index in [1.807, 2.05) is 0 Å². The topological polar surface area (TPSA) is 128 Å². The Balaban J connectivity index is 1.44. The predicted octanol–water partition coefficient (Wildman–Crippen LogP) is -0.726. The number of nitrogens with one attached hydrogen (secondary N) is 5. The van der Waals surface area contributed by atoms with Crippen molar-refractivity contribution in [1.29, 1.82) is 0 Å². The number of ether oxygens (including phenoxy) is 6. The molecule has 0 aliphatic carbocycles. The maximum absolute atomic E-state index is 5.91. The Labute approximate surface area is 253 Å². The van der Waals surface area contributed by atoms with Gasteiger partial charge in [0, 0.05) is 24.3 Å². The maximum Gasteiger partial charge on any atom is 0.346 e. The molecule has 0 amide bonds. The quantitative estimate of drug-likeness (QED) is 0.244. The molecule has 1 spiro atoms. The Morgan fingerprint density at radius 2 is 0.929 bits per heavy atom. The number of morpholine rings is 4. The minimum atomic E-state index is -2.37. The van der Waals surface area contributed by atoms with Gasteiger partial charge in [-0.3, -0.25) is 10.6 Å². The van der Waals surface area contributed by atoms with Gasteiger partial charge in [0.25, 0.3) is 5.91 Å². The highest BCUT2D eigenvalue weighted by Gasteiger charge is 2.75. The zero-order chi connectivity index (χ0) is 28.6. The van der Waals surface area contributed by atoms with E-state index in [0.717, 1.165) is 131 Å². The van der Waals surface area contributed by atoms with Crippen LogP contribution in [0.25, 0.3) is 0 Å². The first-order chi connectivity index (χ1) is 20.7. The minimum Gasteiger partial charge on any atom is -0.379 e. The third-order valence-electron chi connectivity index (χ3n) is 8.42. The molecule has 0 aromatic rings. The van der Waals surface area contributed by atoms with Crippen LogP contribution >= 0.6 is 24.3 Å². The lowest BCUT2D eigenvalue weighted by molar-refractivity contribution is 0.0416. The van der Waals surface area contributed by atoms with Crippen LogP contribution in [0.15, 0.2) is 0 Å². The lowest BCUT2D eigenvalue weighted by Gasteiger charge is -2.56. The molecule has 6 aliphatic rings. The van der Waals surface area contributed by atoms with E-state index in [2.05, 4.69) is 44.3 Å². The maximum atomic E-state index is 5.91. The summed E-state index contributed by atoms with van der Waals surface area (Å²) in [7, 11) is -4.12. The monoisotopic (exact) mass is 655 g/mol. The fourth-order valence-electron chi connectivity index (χ4n) is 6.28. The summed E-state index contributed by atoms with van der Waals surface area (Å²) in [5.74, 6) is -0.721. The first-order valence-corrected chi connectivity index (χ1v) is 20.4. The Hall–Kier alpha value is 0.690. The highest BCUT2D eigenvalue weighted by atomic mass is 31.3. The van der Waals surface area contributed by atoms with Crippen molar-refractivity contribution in [3.63, 3.8) is 0 Å². The lowest BCUT2D eigenvalue weighted by Crippen LogP contribution is -2.82. The Kier molecular flexibility index (Phi) is 12.4. The van der Waals surface area contributed by atoms with E-state index < -0.39 is 21.6 Å². The van der Waals surface area contributed by atoms with Gasteiger partial charge in [0.2, 0.25) is 0 Å². The SMILES string of the molecule is C1CNC2(NCPCOCCOC1)N[P+](N1CCOCC1)(N1CCOCC1)N[P+](N1CCOCC1)(N1CCOCC1)N2. The van der Waals surface area contributed by atoms with Crippen LogP contribution in [0.2, 0.25) is 0 Å². The van der Waals surface area contributed by atoms with Crippen molar-refractivity contribution >= 4 is 24.3 Å². The van der Waals surface area contributed by atoms with Crippen LogP contribution < -0.4 is 25.7 Å². The molecule has 1 atom stereocenters. The van der Waals surface area contributed by atoms with Crippen LogP contribution in [-0.2, 0) is 28.4 Å². The first-order valence-electron chi connectivity index (χ1n) is 15.6. The molecule has 15 nitrogen and oxygen atoms in total. The summed E-state index contributed by atoms with van der Waals surface area (Å²) in [6, 6.07) is 0. The van der Waals surface area contributed by atoms with E-state index in [1.54, 1.807) is 0 Å². The molecule has 6 saturated heterocycles. The molecular weight excluding hydrogens is 603 g/mol. The molecule has 42 heavy (non-hydrogen) atoms. The number of hydrogen-bond acceptors (Lipinski definition) is 15. The zero-order valence-corrected chi connectivity index (χ0v) is 27.7. The van der Waals surface area contributed by atoms with Gasteiger partial charge in [-0.05, 0) is 6.42 Å². The smallest absolute Gasteiger partial charge is 0.346 e. The van der Waals surface area contributed by atoms with Crippen LogP contribution in [0, 0.1) is 0 Å². The highest BCUT2D eigenvalue weighted by Crippen LogP contribution is 2.74. The lowest BCUT2D eigenvalue weighted by atomic mass is 10.4.